The van der Waals surface area contributed by atoms with Crippen molar-refractivity contribution in [1.82, 2.24) is 14.9 Å². The smallest absolute Gasteiger partial charge is 0.387 e. The molecule has 0 aliphatic rings. The number of hydrogen-bond donors (Lipinski definition) is 0. The summed E-state index contributed by atoms with van der Waals surface area (Å²) in [5.41, 5.74) is 0.758. The number of nitrogens with zero attached hydrogens (tertiary/aromatic N) is 4. The third-order valence-electron chi connectivity index (χ3n) is 2.38. The Labute approximate surface area is 108 Å². The molecule has 5 nitrogen and oxygen atoms in total. The van der Waals surface area contributed by atoms with Crippen LogP contribution in [0.2, 0.25) is 0 Å². The molecule has 0 aliphatic heterocycles. The molecule has 2 rings (SSSR count). The molecule has 2 aromatic rings. The van der Waals surface area contributed by atoms with Crippen LogP contribution in [-0.4, -0.2) is 27.7 Å². The fourth-order valence-electron chi connectivity index (χ4n) is 1.49. The lowest BCUT2D eigenvalue weighted by molar-refractivity contribution is -0.0498. The molecule has 0 atom stereocenters. The van der Waals surface area contributed by atoms with E-state index in [0.29, 0.717) is 11.6 Å². The predicted octanol–water partition coefficient (Wildman–Crippen LogP) is 2.38. The Balaban J connectivity index is 2.11. The van der Waals surface area contributed by atoms with Gasteiger partial charge in [-0.3, -0.25) is 0 Å². The van der Waals surface area contributed by atoms with Crippen molar-refractivity contribution in [1.29, 1.82) is 0 Å². The van der Waals surface area contributed by atoms with Crippen LogP contribution in [0.4, 0.5) is 8.78 Å². The van der Waals surface area contributed by atoms with Crippen LogP contribution in [0.5, 0.6) is 5.75 Å². The maximum absolute atomic E-state index is 12.0. The quantitative estimate of drug-likeness (QED) is 0.798. The van der Waals surface area contributed by atoms with Crippen molar-refractivity contribution < 1.29 is 13.5 Å². The first-order valence-electron chi connectivity index (χ1n) is 5.54. The molecular formula is C12H12F2N4O. The van der Waals surface area contributed by atoms with Gasteiger partial charge in [-0.1, -0.05) is 0 Å². The van der Waals surface area contributed by atoms with Crippen LogP contribution in [-0.2, 0) is 0 Å². The third kappa shape index (κ3) is 3.34. The van der Waals surface area contributed by atoms with E-state index < -0.39 is 6.61 Å². The van der Waals surface area contributed by atoms with Crippen molar-refractivity contribution in [3.8, 4) is 5.75 Å². The molecule has 0 unspecified atom stereocenters. The standard InChI is InChI=1S/C12H12F2N4O/c1-8-16-17-9(2)18(8)15-7-10-3-5-11(6-4-10)19-12(13)14/h3-7,12H,1-2H3/b15-7+. The average molecular weight is 266 g/mol. The van der Waals surface area contributed by atoms with Crippen molar-refractivity contribution in [3.63, 3.8) is 0 Å². The molecule has 1 aromatic carbocycles. The Morgan fingerprint density at radius 2 is 1.74 bits per heavy atom. The van der Waals surface area contributed by atoms with Gasteiger partial charge in [0.15, 0.2) is 11.6 Å². The van der Waals surface area contributed by atoms with Gasteiger partial charge in [-0.25, -0.2) is 4.68 Å². The SMILES string of the molecule is Cc1nnc(C)n1/N=C/c1ccc(OC(F)F)cc1. The van der Waals surface area contributed by atoms with E-state index in [9.17, 15) is 8.78 Å². The molecule has 0 radical (unpaired) electrons. The topological polar surface area (TPSA) is 52.3 Å². The first-order valence-corrected chi connectivity index (χ1v) is 5.54. The van der Waals surface area contributed by atoms with Crippen LogP contribution in [0.1, 0.15) is 17.2 Å². The van der Waals surface area contributed by atoms with Crippen LogP contribution >= 0.6 is 0 Å². The summed E-state index contributed by atoms with van der Waals surface area (Å²) in [5.74, 6) is 1.46. The Hall–Kier alpha value is -2.31. The minimum absolute atomic E-state index is 0.115. The van der Waals surface area contributed by atoms with Crippen molar-refractivity contribution in [2.45, 2.75) is 20.5 Å². The maximum atomic E-state index is 12.0. The van der Waals surface area contributed by atoms with Crippen LogP contribution in [0.15, 0.2) is 29.4 Å². The molecule has 7 heteroatoms. The Morgan fingerprint density at radius 1 is 1.16 bits per heavy atom. The third-order valence-corrected chi connectivity index (χ3v) is 2.38. The Morgan fingerprint density at radius 3 is 2.26 bits per heavy atom. The molecule has 0 fully saturated rings. The molecule has 0 aliphatic carbocycles. The van der Waals surface area contributed by atoms with Gasteiger partial charge in [-0.2, -0.15) is 13.9 Å². The van der Waals surface area contributed by atoms with E-state index >= 15 is 0 Å². The van der Waals surface area contributed by atoms with Gasteiger partial charge in [0, 0.05) is 0 Å². The Kier molecular flexibility index (Phi) is 3.84. The van der Waals surface area contributed by atoms with E-state index in [0.717, 1.165) is 5.56 Å². The highest BCUT2D eigenvalue weighted by Gasteiger charge is 2.03. The second kappa shape index (κ2) is 5.55. The van der Waals surface area contributed by atoms with Crippen molar-refractivity contribution >= 4 is 6.21 Å². The van der Waals surface area contributed by atoms with E-state index in [-0.39, 0.29) is 5.75 Å². The van der Waals surface area contributed by atoms with Crippen molar-refractivity contribution in [2.75, 3.05) is 0 Å². The first kappa shape index (κ1) is 13.1. The van der Waals surface area contributed by atoms with Gasteiger partial charge in [-0.05, 0) is 43.7 Å². The number of hydrogen-bond acceptors (Lipinski definition) is 4. The van der Waals surface area contributed by atoms with Crippen molar-refractivity contribution in [3.05, 3.63) is 41.5 Å². The lowest BCUT2D eigenvalue weighted by atomic mass is 10.2. The second-order valence-electron chi connectivity index (χ2n) is 3.80. The van der Waals surface area contributed by atoms with Crippen LogP contribution < -0.4 is 4.74 Å². The zero-order valence-electron chi connectivity index (χ0n) is 10.4. The number of ether oxygens (including phenoxy) is 1. The number of aryl methyl sites for hydroxylation is 2. The van der Waals surface area contributed by atoms with Gasteiger partial charge in [0.25, 0.3) is 0 Å². The second-order valence-corrected chi connectivity index (χ2v) is 3.80. The number of aromatic nitrogens is 3. The minimum atomic E-state index is -2.82. The van der Waals surface area contributed by atoms with Crippen LogP contribution in [0, 0.1) is 13.8 Å². The van der Waals surface area contributed by atoms with E-state index in [1.54, 1.807) is 36.9 Å². The fraction of sp³-hybridized carbons (Fsp3) is 0.250. The number of benzene rings is 1. The summed E-state index contributed by atoms with van der Waals surface area (Å²) in [4.78, 5) is 0. The number of alkyl halides is 2. The summed E-state index contributed by atoms with van der Waals surface area (Å²) < 4.78 is 29.8. The molecule has 0 saturated heterocycles. The molecule has 19 heavy (non-hydrogen) atoms. The molecular weight excluding hydrogens is 254 g/mol. The molecule has 0 saturated carbocycles. The fourth-order valence-corrected chi connectivity index (χ4v) is 1.49. The van der Waals surface area contributed by atoms with Crippen molar-refractivity contribution in [2.24, 2.45) is 5.10 Å². The van der Waals surface area contributed by atoms with Crippen LogP contribution in [0.25, 0.3) is 0 Å². The molecule has 100 valence electrons. The van der Waals surface area contributed by atoms with Gasteiger partial charge in [-0.15, -0.1) is 10.2 Å². The molecule has 0 amide bonds. The zero-order valence-corrected chi connectivity index (χ0v) is 10.4. The maximum Gasteiger partial charge on any atom is 0.387 e. The van der Waals surface area contributed by atoms with Gasteiger partial charge in [0.05, 0.1) is 6.21 Å². The first-order chi connectivity index (χ1) is 9.06. The highest BCUT2D eigenvalue weighted by Crippen LogP contribution is 2.14. The normalized spacial score (nSPS) is 11.4. The molecule has 1 aromatic heterocycles. The van der Waals surface area contributed by atoms with Gasteiger partial charge < -0.3 is 4.74 Å². The van der Waals surface area contributed by atoms with Crippen LogP contribution in [0.3, 0.4) is 0 Å². The molecule has 0 bridgehead atoms. The lowest BCUT2D eigenvalue weighted by Gasteiger charge is -2.03. The summed E-state index contributed by atoms with van der Waals surface area (Å²) in [6.07, 6.45) is 1.59. The molecule has 0 N–H and O–H groups in total. The number of halogens is 2. The molecule has 1 heterocycles. The minimum Gasteiger partial charge on any atom is -0.435 e. The summed E-state index contributed by atoms with van der Waals surface area (Å²) in [6.45, 7) is 0.759. The lowest BCUT2D eigenvalue weighted by Crippen LogP contribution is -2.01. The summed E-state index contributed by atoms with van der Waals surface area (Å²) in [5, 5.41) is 11.9. The van der Waals surface area contributed by atoms with Gasteiger partial charge in [0.2, 0.25) is 0 Å². The summed E-state index contributed by atoms with van der Waals surface area (Å²) >= 11 is 0. The predicted molar refractivity (Wildman–Crippen MR) is 65.6 cm³/mol. The van der Waals surface area contributed by atoms with E-state index in [4.69, 9.17) is 0 Å². The average Bonchev–Trinajstić information content (AvgIpc) is 2.68. The van der Waals surface area contributed by atoms with Gasteiger partial charge >= 0.3 is 6.61 Å². The largest absolute Gasteiger partial charge is 0.435 e. The summed E-state index contributed by atoms with van der Waals surface area (Å²) in [6, 6.07) is 6.19. The van der Waals surface area contributed by atoms with Gasteiger partial charge in [0.1, 0.15) is 5.75 Å². The highest BCUT2D eigenvalue weighted by molar-refractivity contribution is 5.79. The highest BCUT2D eigenvalue weighted by atomic mass is 19.3. The number of rotatable bonds is 4. The molecule has 0 spiro atoms. The van der Waals surface area contributed by atoms with E-state index in [2.05, 4.69) is 20.0 Å². The Bertz CT molecular complexity index is 558. The zero-order chi connectivity index (χ0) is 13.8. The van der Waals surface area contributed by atoms with E-state index in [1.165, 1.54) is 12.1 Å². The summed E-state index contributed by atoms with van der Waals surface area (Å²) in [7, 11) is 0. The van der Waals surface area contributed by atoms with E-state index in [1.807, 2.05) is 0 Å². The monoisotopic (exact) mass is 266 g/mol.